The quantitative estimate of drug-likeness (QED) is 0.370. The van der Waals surface area contributed by atoms with Gasteiger partial charge in [0.25, 0.3) is 0 Å². The minimum Gasteiger partial charge on any atom is -0.458 e. The van der Waals surface area contributed by atoms with Gasteiger partial charge < -0.3 is 29.9 Å². The number of urea groups is 1. The Hall–Kier alpha value is -3.89. The lowest BCUT2D eigenvalue weighted by Gasteiger charge is -2.34. The first-order valence-electron chi connectivity index (χ1n) is 15.7. The van der Waals surface area contributed by atoms with Gasteiger partial charge in [-0.05, 0) is 71.4 Å². The highest BCUT2D eigenvalue weighted by atomic mass is 32.2. The number of nitrogens with zero attached hydrogens (tertiary/aromatic N) is 4. The summed E-state index contributed by atoms with van der Waals surface area (Å²) >= 11 is 1.32. The molecule has 1 aromatic carbocycles. The maximum atomic E-state index is 13.9. The molecule has 16 heteroatoms. The number of thioether (sulfide) groups is 1. The molecular weight excluding hydrogens is 661 g/mol. The first-order valence-corrected chi connectivity index (χ1v) is 18.1. The molecular formula is C32H44N6O8S2. The zero-order valence-electron chi connectivity index (χ0n) is 28.1. The smallest absolute Gasteiger partial charge is 0.409 e. The van der Waals surface area contributed by atoms with Crippen LogP contribution in [-0.2, 0) is 35.5 Å². The number of carbonyl (C=O) groups is 4. The van der Waals surface area contributed by atoms with E-state index >= 15 is 0 Å². The molecule has 2 N–H and O–H groups in total. The van der Waals surface area contributed by atoms with Crippen LogP contribution in [0, 0.1) is 0 Å². The average Bonchev–Trinajstić information content (AvgIpc) is 3.37. The number of benzene rings is 1. The molecule has 2 aliphatic rings. The van der Waals surface area contributed by atoms with Gasteiger partial charge in [-0.25, -0.2) is 22.8 Å². The van der Waals surface area contributed by atoms with Gasteiger partial charge in [0.05, 0.1) is 12.5 Å². The van der Waals surface area contributed by atoms with Crippen LogP contribution >= 0.6 is 11.8 Å². The van der Waals surface area contributed by atoms with Gasteiger partial charge in [-0.1, -0.05) is 12.1 Å². The molecule has 2 saturated heterocycles. The van der Waals surface area contributed by atoms with E-state index in [1.165, 1.54) is 36.3 Å². The Bertz CT molecular complexity index is 1570. The van der Waals surface area contributed by atoms with Crippen LogP contribution in [0.4, 0.5) is 15.3 Å². The van der Waals surface area contributed by atoms with E-state index in [-0.39, 0.29) is 29.8 Å². The monoisotopic (exact) mass is 704 g/mol. The van der Waals surface area contributed by atoms with E-state index in [0.717, 1.165) is 4.31 Å². The van der Waals surface area contributed by atoms with Gasteiger partial charge in [0.2, 0.25) is 15.9 Å². The van der Waals surface area contributed by atoms with Crippen molar-refractivity contribution in [3.8, 4) is 0 Å². The standard InChI is InChI=1S/C32H44N6O8S2/c1-7-45-30(42)37-17-15-36(16-18-37)29(41)34-23-12-10-22(11-13-23)19-25(28(40)46-31(2,3)4)35-27(39)26-32(5,6)47-21-38(26)48(43,44)24-9-8-14-33-20-24/h8-14,20,25-26H,7,15-19,21H2,1-6H3,(H,34,41)(H,35,39)/t25-,26+/m0/s1. The zero-order valence-corrected chi connectivity index (χ0v) is 29.7. The van der Waals surface area contributed by atoms with Gasteiger partial charge in [-0.2, -0.15) is 4.31 Å². The van der Waals surface area contributed by atoms with E-state index in [4.69, 9.17) is 9.47 Å². The predicted octanol–water partition coefficient (Wildman–Crippen LogP) is 3.30. The molecule has 14 nitrogen and oxygen atoms in total. The molecule has 0 aliphatic carbocycles. The van der Waals surface area contributed by atoms with Crippen LogP contribution < -0.4 is 10.6 Å². The molecule has 0 saturated carbocycles. The number of anilines is 1. The molecule has 2 aromatic rings. The molecule has 4 amide bonds. The number of hydrogen-bond acceptors (Lipinski definition) is 10. The molecule has 0 unspecified atom stereocenters. The SMILES string of the molecule is CCOC(=O)N1CCN(C(=O)Nc2ccc(C[C@H](NC(=O)[C@H]3N(S(=O)(=O)c4cccnc4)CSC3(C)C)C(=O)OC(C)(C)C)cc2)CC1. The van der Waals surface area contributed by atoms with Crippen LogP contribution in [0.3, 0.4) is 0 Å². The third-order valence-corrected chi connectivity index (χ3v) is 11.1. The Morgan fingerprint density at radius 3 is 2.27 bits per heavy atom. The number of nitrogens with one attached hydrogen (secondary N) is 2. The van der Waals surface area contributed by atoms with Crippen molar-refractivity contribution in [1.29, 1.82) is 0 Å². The lowest BCUT2D eigenvalue weighted by Crippen LogP contribution is -2.57. The van der Waals surface area contributed by atoms with Gasteiger partial charge in [-0.15, -0.1) is 11.8 Å². The molecule has 0 bridgehead atoms. The van der Waals surface area contributed by atoms with E-state index in [9.17, 15) is 27.6 Å². The number of rotatable bonds is 9. The van der Waals surface area contributed by atoms with Crippen molar-refractivity contribution >= 4 is 51.5 Å². The number of esters is 1. The fourth-order valence-corrected chi connectivity index (χ4v) is 8.44. The van der Waals surface area contributed by atoms with Crippen LogP contribution in [0.25, 0.3) is 0 Å². The van der Waals surface area contributed by atoms with Crippen LogP contribution in [0.15, 0.2) is 53.7 Å². The second-order valence-electron chi connectivity index (χ2n) is 13.0. The maximum Gasteiger partial charge on any atom is 0.409 e. The summed E-state index contributed by atoms with van der Waals surface area (Å²) in [6, 6.07) is 7.22. The number of sulfonamides is 1. The summed E-state index contributed by atoms with van der Waals surface area (Å²) in [4.78, 5) is 59.2. The molecule has 4 rings (SSSR count). The lowest BCUT2D eigenvalue weighted by atomic mass is 10.0. The summed E-state index contributed by atoms with van der Waals surface area (Å²) in [5, 5.41) is 5.63. The number of ether oxygens (including phenoxy) is 2. The molecule has 2 fully saturated rings. The second kappa shape index (κ2) is 15.1. The van der Waals surface area contributed by atoms with Crippen molar-refractivity contribution in [3.05, 3.63) is 54.4 Å². The third-order valence-electron chi connectivity index (χ3n) is 7.75. The summed E-state index contributed by atoms with van der Waals surface area (Å²) in [6.45, 7) is 12.2. The fraction of sp³-hybridized carbons (Fsp3) is 0.531. The van der Waals surface area contributed by atoms with Crippen molar-refractivity contribution in [2.24, 2.45) is 0 Å². The maximum absolute atomic E-state index is 13.9. The van der Waals surface area contributed by atoms with Gasteiger partial charge >= 0.3 is 18.1 Å². The van der Waals surface area contributed by atoms with Crippen LogP contribution in [0.5, 0.6) is 0 Å². The Kier molecular flexibility index (Phi) is 11.6. The Balaban J connectivity index is 1.46. The Labute approximate surface area is 285 Å². The topological polar surface area (TPSA) is 168 Å². The number of amides is 4. The first-order chi connectivity index (χ1) is 22.5. The molecule has 2 atom stereocenters. The molecule has 48 heavy (non-hydrogen) atoms. The van der Waals surface area contributed by atoms with E-state index in [1.807, 2.05) is 0 Å². The Morgan fingerprint density at radius 1 is 1.04 bits per heavy atom. The van der Waals surface area contributed by atoms with Gasteiger partial charge in [0, 0.05) is 55.4 Å². The summed E-state index contributed by atoms with van der Waals surface area (Å²) in [7, 11) is -4.07. The minimum absolute atomic E-state index is 0.0316. The number of carbonyl (C=O) groups excluding carboxylic acids is 4. The number of aromatic nitrogens is 1. The fourth-order valence-electron chi connectivity index (χ4n) is 5.31. The van der Waals surface area contributed by atoms with Gasteiger partial charge in [0.15, 0.2) is 0 Å². The number of pyridine rings is 1. The minimum atomic E-state index is -4.07. The largest absolute Gasteiger partial charge is 0.458 e. The van der Waals surface area contributed by atoms with Crippen molar-refractivity contribution in [1.82, 2.24) is 24.4 Å². The Morgan fingerprint density at radius 2 is 1.69 bits per heavy atom. The molecule has 3 heterocycles. The highest BCUT2D eigenvalue weighted by molar-refractivity contribution is 8.02. The normalized spacial score (nSPS) is 18.9. The average molecular weight is 705 g/mol. The van der Waals surface area contributed by atoms with Crippen LogP contribution in [0.2, 0.25) is 0 Å². The highest BCUT2D eigenvalue weighted by Crippen LogP contribution is 2.42. The summed E-state index contributed by atoms with van der Waals surface area (Å²) in [5.41, 5.74) is 0.358. The second-order valence-corrected chi connectivity index (χ2v) is 16.4. The summed E-state index contributed by atoms with van der Waals surface area (Å²) in [6.07, 6.45) is 2.36. The third kappa shape index (κ3) is 9.17. The van der Waals surface area contributed by atoms with Gasteiger partial charge in [0.1, 0.15) is 22.6 Å². The molecule has 2 aliphatic heterocycles. The highest BCUT2D eigenvalue weighted by Gasteiger charge is 2.51. The van der Waals surface area contributed by atoms with Crippen molar-refractivity contribution in [3.63, 3.8) is 0 Å². The first kappa shape index (κ1) is 36.9. The number of piperazine rings is 1. The zero-order chi connectivity index (χ0) is 35.3. The van der Waals surface area contributed by atoms with Gasteiger partial charge in [-0.3, -0.25) is 9.78 Å². The lowest BCUT2D eigenvalue weighted by molar-refractivity contribution is -0.158. The molecule has 0 radical (unpaired) electrons. The molecule has 262 valence electrons. The van der Waals surface area contributed by atoms with E-state index in [2.05, 4.69) is 15.6 Å². The van der Waals surface area contributed by atoms with Crippen LogP contribution in [0.1, 0.15) is 47.1 Å². The molecule has 0 spiro atoms. The van der Waals surface area contributed by atoms with Crippen LogP contribution in [-0.4, -0.2) is 113 Å². The van der Waals surface area contributed by atoms with Crippen molar-refractivity contribution in [2.45, 2.75) is 75.3 Å². The summed E-state index contributed by atoms with van der Waals surface area (Å²) < 4.78 is 38.1. The van der Waals surface area contributed by atoms with E-state index in [0.29, 0.717) is 37.4 Å². The van der Waals surface area contributed by atoms with Crippen molar-refractivity contribution in [2.75, 3.05) is 44.0 Å². The predicted molar refractivity (Wildman–Crippen MR) is 181 cm³/mol. The van der Waals surface area contributed by atoms with E-state index in [1.54, 1.807) is 75.6 Å². The number of hydrogen-bond donors (Lipinski definition) is 2. The van der Waals surface area contributed by atoms with Crippen molar-refractivity contribution < 1.29 is 37.1 Å². The molecule has 1 aromatic heterocycles. The summed E-state index contributed by atoms with van der Waals surface area (Å²) in [5.74, 6) is -1.24. The van der Waals surface area contributed by atoms with E-state index < -0.39 is 50.4 Å².